The Kier molecular flexibility index (Phi) is 3.24. The molecule has 0 aliphatic carbocycles. The van der Waals surface area contributed by atoms with Gasteiger partial charge in [0.1, 0.15) is 5.82 Å². The van der Waals surface area contributed by atoms with E-state index in [4.69, 9.17) is 11.6 Å². The fraction of sp³-hybridized carbons (Fsp3) is 0.0833. The van der Waals surface area contributed by atoms with Gasteiger partial charge < -0.3 is 5.32 Å². The van der Waals surface area contributed by atoms with E-state index in [1.165, 1.54) is 12.3 Å². The first-order valence-corrected chi connectivity index (χ1v) is 5.28. The van der Waals surface area contributed by atoms with Gasteiger partial charge in [0.15, 0.2) is 11.6 Å². The molecule has 0 fully saturated rings. The molecule has 0 spiro atoms. The van der Waals surface area contributed by atoms with Gasteiger partial charge in [-0.1, -0.05) is 17.7 Å². The summed E-state index contributed by atoms with van der Waals surface area (Å²) in [6, 6.07) is 5.63. The van der Waals surface area contributed by atoms with Crippen LogP contribution in [0.2, 0.25) is 5.02 Å². The van der Waals surface area contributed by atoms with Crippen molar-refractivity contribution >= 4 is 23.1 Å². The molecule has 0 saturated carbocycles. The van der Waals surface area contributed by atoms with Crippen molar-refractivity contribution in [2.45, 2.75) is 6.92 Å². The highest BCUT2D eigenvalue weighted by Crippen LogP contribution is 2.23. The molecule has 0 radical (unpaired) electrons. The predicted molar refractivity (Wildman–Crippen MR) is 63.6 cm³/mol. The molecule has 0 unspecified atom stereocenters. The number of hydrogen-bond donors (Lipinski definition) is 1. The molecule has 0 bridgehead atoms. The SMILES string of the molecule is Cc1ccc(F)c(Nc2ncc(Cl)cc2F)c1. The van der Waals surface area contributed by atoms with Crippen molar-refractivity contribution < 1.29 is 8.78 Å². The molecule has 1 N–H and O–H groups in total. The highest BCUT2D eigenvalue weighted by atomic mass is 35.5. The molecular formula is C12H9ClF2N2. The van der Waals surface area contributed by atoms with E-state index in [2.05, 4.69) is 10.3 Å². The summed E-state index contributed by atoms with van der Waals surface area (Å²) in [5.41, 5.74) is 1.04. The lowest BCUT2D eigenvalue weighted by Crippen LogP contribution is -1.99. The van der Waals surface area contributed by atoms with Crippen LogP contribution < -0.4 is 5.32 Å². The molecule has 0 aliphatic heterocycles. The minimum atomic E-state index is -0.626. The van der Waals surface area contributed by atoms with Crippen molar-refractivity contribution in [3.8, 4) is 0 Å². The first-order chi connectivity index (χ1) is 8.06. The minimum Gasteiger partial charge on any atom is -0.335 e. The third-order valence-electron chi connectivity index (χ3n) is 2.18. The first kappa shape index (κ1) is 11.8. The summed E-state index contributed by atoms with van der Waals surface area (Å²) in [6.45, 7) is 1.82. The first-order valence-electron chi connectivity index (χ1n) is 4.90. The molecule has 0 atom stereocenters. The number of rotatable bonds is 2. The van der Waals surface area contributed by atoms with Gasteiger partial charge in [0.25, 0.3) is 0 Å². The Morgan fingerprint density at radius 1 is 1.18 bits per heavy atom. The summed E-state index contributed by atoms with van der Waals surface area (Å²) in [7, 11) is 0. The van der Waals surface area contributed by atoms with Gasteiger partial charge >= 0.3 is 0 Å². The highest BCUT2D eigenvalue weighted by Gasteiger charge is 2.08. The third kappa shape index (κ3) is 2.71. The zero-order valence-electron chi connectivity index (χ0n) is 8.97. The van der Waals surface area contributed by atoms with Crippen LogP contribution >= 0.6 is 11.6 Å². The Hall–Kier alpha value is -1.68. The van der Waals surface area contributed by atoms with Gasteiger partial charge in [-0.3, -0.25) is 0 Å². The molecule has 2 nitrogen and oxygen atoms in total. The van der Waals surface area contributed by atoms with E-state index in [0.29, 0.717) is 0 Å². The zero-order chi connectivity index (χ0) is 12.4. The molecule has 0 aliphatic rings. The average molecular weight is 255 g/mol. The van der Waals surface area contributed by atoms with Crippen LogP contribution in [0, 0.1) is 18.6 Å². The standard InChI is InChI=1S/C12H9ClF2N2/c1-7-2-3-9(14)11(4-7)17-12-10(15)5-8(13)6-16-12/h2-6H,1H3,(H,16,17). The van der Waals surface area contributed by atoms with Gasteiger partial charge in [0.2, 0.25) is 0 Å². The van der Waals surface area contributed by atoms with Crippen LogP contribution in [0.5, 0.6) is 0 Å². The van der Waals surface area contributed by atoms with E-state index < -0.39 is 11.6 Å². The van der Waals surface area contributed by atoms with Gasteiger partial charge in [0.05, 0.1) is 10.7 Å². The molecule has 1 heterocycles. The molecule has 1 aromatic carbocycles. The molecular weight excluding hydrogens is 246 g/mol. The highest BCUT2D eigenvalue weighted by molar-refractivity contribution is 6.30. The van der Waals surface area contributed by atoms with Crippen molar-refractivity contribution in [2.75, 3.05) is 5.32 Å². The van der Waals surface area contributed by atoms with Crippen LogP contribution in [0.25, 0.3) is 0 Å². The molecule has 88 valence electrons. The second-order valence-corrected chi connectivity index (χ2v) is 4.03. The summed E-state index contributed by atoms with van der Waals surface area (Å²) < 4.78 is 26.9. The number of anilines is 2. The summed E-state index contributed by atoms with van der Waals surface area (Å²) in [5.74, 6) is -1.15. The summed E-state index contributed by atoms with van der Waals surface area (Å²) >= 11 is 5.57. The number of pyridine rings is 1. The van der Waals surface area contributed by atoms with Crippen molar-refractivity contribution in [3.63, 3.8) is 0 Å². The maximum Gasteiger partial charge on any atom is 0.167 e. The van der Waals surface area contributed by atoms with Gasteiger partial charge in [-0.2, -0.15) is 0 Å². The van der Waals surface area contributed by atoms with Crippen molar-refractivity contribution in [1.29, 1.82) is 0 Å². The van der Waals surface area contributed by atoms with Crippen molar-refractivity contribution in [3.05, 3.63) is 52.7 Å². The topological polar surface area (TPSA) is 24.9 Å². The Balaban J connectivity index is 2.34. The molecule has 17 heavy (non-hydrogen) atoms. The lowest BCUT2D eigenvalue weighted by Gasteiger charge is -2.08. The lowest BCUT2D eigenvalue weighted by atomic mass is 10.2. The predicted octanol–water partition coefficient (Wildman–Crippen LogP) is 4.07. The average Bonchev–Trinajstić information content (AvgIpc) is 2.27. The lowest BCUT2D eigenvalue weighted by molar-refractivity contribution is 0.621. The fourth-order valence-corrected chi connectivity index (χ4v) is 1.51. The summed E-state index contributed by atoms with van der Waals surface area (Å²) in [6.07, 6.45) is 1.29. The molecule has 5 heteroatoms. The number of halogens is 3. The molecule has 1 aromatic heterocycles. The fourth-order valence-electron chi connectivity index (χ4n) is 1.37. The smallest absolute Gasteiger partial charge is 0.167 e. The van der Waals surface area contributed by atoms with Gasteiger partial charge in [-0.05, 0) is 30.7 Å². The molecule has 0 amide bonds. The van der Waals surface area contributed by atoms with Crippen LogP contribution in [-0.2, 0) is 0 Å². The van der Waals surface area contributed by atoms with Gasteiger partial charge in [-0.15, -0.1) is 0 Å². The number of nitrogens with zero attached hydrogens (tertiary/aromatic N) is 1. The minimum absolute atomic E-state index is 0.0566. The van der Waals surface area contributed by atoms with Crippen LogP contribution in [0.1, 0.15) is 5.56 Å². The van der Waals surface area contributed by atoms with Crippen LogP contribution in [0.4, 0.5) is 20.3 Å². The molecule has 0 saturated heterocycles. The molecule has 2 rings (SSSR count). The summed E-state index contributed by atoms with van der Waals surface area (Å²) in [5, 5.41) is 2.78. The van der Waals surface area contributed by atoms with E-state index in [9.17, 15) is 8.78 Å². The van der Waals surface area contributed by atoms with Crippen molar-refractivity contribution in [1.82, 2.24) is 4.98 Å². The van der Waals surface area contributed by atoms with Crippen molar-refractivity contribution in [2.24, 2.45) is 0 Å². The largest absolute Gasteiger partial charge is 0.335 e. The van der Waals surface area contributed by atoms with Gasteiger partial charge in [-0.25, -0.2) is 13.8 Å². The number of benzene rings is 1. The Morgan fingerprint density at radius 3 is 2.65 bits per heavy atom. The normalized spacial score (nSPS) is 10.4. The second kappa shape index (κ2) is 4.67. The molecule has 2 aromatic rings. The van der Waals surface area contributed by atoms with E-state index in [-0.39, 0.29) is 16.5 Å². The number of aromatic nitrogens is 1. The van der Waals surface area contributed by atoms with E-state index in [1.54, 1.807) is 12.1 Å². The Bertz CT molecular complexity index is 558. The van der Waals surface area contributed by atoms with E-state index >= 15 is 0 Å². The quantitative estimate of drug-likeness (QED) is 0.874. The maximum absolute atomic E-state index is 13.4. The Morgan fingerprint density at radius 2 is 1.94 bits per heavy atom. The number of hydrogen-bond acceptors (Lipinski definition) is 2. The maximum atomic E-state index is 13.4. The third-order valence-corrected chi connectivity index (χ3v) is 2.39. The van der Waals surface area contributed by atoms with Crippen LogP contribution in [0.3, 0.4) is 0 Å². The van der Waals surface area contributed by atoms with Gasteiger partial charge in [0, 0.05) is 6.20 Å². The number of nitrogens with one attached hydrogen (secondary N) is 1. The van der Waals surface area contributed by atoms with Crippen LogP contribution in [-0.4, -0.2) is 4.98 Å². The monoisotopic (exact) mass is 254 g/mol. The second-order valence-electron chi connectivity index (χ2n) is 3.59. The van der Waals surface area contributed by atoms with E-state index in [1.807, 2.05) is 6.92 Å². The summed E-state index contributed by atoms with van der Waals surface area (Å²) in [4.78, 5) is 3.76. The van der Waals surface area contributed by atoms with E-state index in [0.717, 1.165) is 11.6 Å². The Labute approximate surface area is 102 Å². The zero-order valence-corrected chi connectivity index (χ0v) is 9.72. The number of aryl methyl sites for hydroxylation is 1. The van der Waals surface area contributed by atoms with Crippen LogP contribution in [0.15, 0.2) is 30.5 Å².